The first kappa shape index (κ1) is 17.5. The minimum Gasteiger partial charge on any atom is -0.364 e. The number of nitrogens with one attached hydrogen (secondary N) is 2. The van der Waals surface area contributed by atoms with Crippen LogP contribution in [-0.2, 0) is 4.79 Å². The maximum absolute atomic E-state index is 12.4. The van der Waals surface area contributed by atoms with Gasteiger partial charge in [-0.15, -0.1) is 0 Å². The van der Waals surface area contributed by atoms with Gasteiger partial charge < -0.3 is 16.4 Å². The summed E-state index contributed by atoms with van der Waals surface area (Å²) in [4.78, 5) is 28.4. The second kappa shape index (κ2) is 7.36. The first-order chi connectivity index (χ1) is 13.1. The average molecular weight is 380 g/mol. The summed E-state index contributed by atoms with van der Waals surface area (Å²) in [6.07, 6.45) is 3.91. The van der Waals surface area contributed by atoms with Crippen molar-refractivity contribution in [3.8, 4) is 0 Å². The van der Waals surface area contributed by atoms with E-state index in [1.165, 1.54) is 11.3 Å². The number of nitrogens with two attached hydrogens (primary N) is 1. The first-order valence-electron chi connectivity index (χ1n) is 8.97. The minimum absolute atomic E-state index is 0.00437. The lowest BCUT2D eigenvalue weighted by Crippen LogP contribution is -2.22. The Labute approximate surface area is 160 Å². The monoisotopic (exact) mass is 380 g/mol. The van der Waals surface area contributed by atoms with Gasteiger partial charge in [-0.3, -0.25) is 9.59 Å². The number of nitrogens with zero attached hydrogens (tertiary/aromatic N) is 1. The van der Waals surface area contributed by atoms with Crippen LogP contribution in [0.5, 0.6) is 0 Å². The van der Waals surface area contributed by atoms with E-state index < -0.39 is 5.91 Å². The first-order valence-corrected chi connectivity index (χ1v) is 9.79. The van der Waals surface area contributed by atoms with Crippen LogP contribution in [0, 0.1) is 5.92 Å². The third-order valence-corrected chi connectivity index (χ3v) is 5.71. The van der Waals surface area contributed by atoms with Crippen LogP contribution < -0.4 is 16.4 Å². The Morgan fingerprint density at radius 2 is 1.81 bits per heavy atom. The molecule has 6 nitrogen and oxygen atoms in total. The van der Waals surface area contributed by atoms with E-state index in [9.17, 15) is 9.59 Å². The molecule has 4 N–H and O–H groups in total. The lowest BCUT2D eigenvalue weighted by Gasteiger charge is -2.08. The Morgan fingerprint density at radius 1 is 1.07 bits per heavy atom. The summed E-state index contributed by atoms with van der Waals surface area (Å²) in [5, 5.41) is 9.21. The molecule has 1 saturated carbocycles. The van der Waals surface area contributed by atoms with E-state index in [4.69, 9.17) is 5.73 Å². The summed E-state index contributed by atoms with van der Waals surface area (Å²) in [6.45, 7) is 0. The summed E-state index contributed by atoms with van der Waals surface area (Å²) in [5.74, 6) is -0.708. The number of aromatic nitrogens is 1. The van der Waals surface area contributed by atoms with Crippen molar-refractivity contribution in [2.24, 2.45) is 11.7 Å². The van der Waals surface area contributed by atoms with Gasteiger partial charge in [-0.25, -0.2) is 4.98 Å². The van der Waals surface area contributed by atoms with Gasteiger partial charge in [0.25, 0.3) is 5.91 Å². The molecule has 0 aliphatic heterocycles. The van der Waals surface area contributed by atoms with Gasteiger partial charge in [0.05, 0.1) is 0 Å². The van der Waals surface area contributed by atoms with E-state index in [1.54, 1.807) is 0 Å². The van der Waals surface area contributed by atoms with Crippen LogP contribution in [-0.4, -0.2) is 16.8 Å². The SMILES string of the molecule is NC(=O)c1nc(Nc2ccc3ccccc3c2)sc1NC(=O)C1CCCC1. The van der Waals surface area contributed by atoms with Gasteiger partial charge in [-0.2, -0.15) is 0 Å². The van der Waals surface area contributed by atoms with E-state index in [1.807, 2.05) is 42.5 Å². The Hall–Kier alpha value is -2.93. The van der Waals surface area contributed by atoms with Crippen molar-refractivity contribution in [3.05, 3.63) is 48.2 Å². The van der Waals surface area contributed by atoms with Gasteiger partial charge in [-0.05, 0) is 35.7 Å². The summed E-state index contributed by atoms with van der Waals surface area (Å²) >= 11 is 1.22. The maximum Gasteiger partial charge on any atom is 0.270 e. The molecule has 1 aromatic heterocycles. The van der Waals surface area contributed by atoms with Crippen LogP contribution in [0.2, 0.25) is 0 Å². The quantitative estimate of drug-likeness (QED) is 0.616. The minimum atomic E-state index is -0.653. The molecule has 1 heterocycles. The standard InChI is InChI=1S/C20H20N4O2S/c21-17(25)16-19(24-18(26)13-6-2-3-7-13)27-20(23-16)22-15-10-9-12-5-1-4-8-14(12)11-15/h1,4-5,8-11,13H,2-3,6-7H2,(H2,21,25)(H,22,23)(H,24,26). The molecule has 2 amide bonds. The fraction of sp³-hybridized carbons (Fsp3) is 0.250. The van der Waals surface area contributed by atoms with Crippen LogP contribution >= 0.6 is 11.3 Å². The second-order valence-corrected chi connectivity index (χ2v) is 7.72. The smallest absolute Gasteiger partial charge is 0.270 e. The number of fused-ring (bicyclic) bond motifs is 1. The number of amides is 2. The molecule has 27 heavy (non-hydrogen) atoms. The molecule has 0 spiro atoms. The van der Waals surface area contributed by atoms with Crippen molar-refractivity contribution >= 4 is 49.7 Å². The van der Waals surface area contributed by atoms with E-state index >= 15 is 0 Å². The molecule has 4 rings (SSSR count). The molecular formula is C20H20N4O2S. The van der Waals surface area contributed by atoms with Gasteiger partial charge in [0.1, 0.15) is 5.00 Å². The molecule has 1 fully saturated rings. The summed E-state index contributed by atoms with van der Waals surface area (Å²) in [5.41, 5.74) is 6.40. The van der Waals surface area contributed by atoms with Gasteiger partial charge in [0, 0.05) is 11.6 Å². The zero-order valence-electron chi connectivity index (χ0n) is 14.7. The van der Waals surface area contributed by atoms with Crippen LogP contribution in [0.15, 0.2) is 42.5 Å². The highest BCUT2D eigenvalue weighted by Crippen LogP contribution is 2.33. The van der Waals surface area contributed by atoms with E-state index in [0.29, 0.717) is 10.1 Å². The fourth-order valence-electron chi connectivity index (χ4n) is 3.42. The lowest BCUT2D eigenvalue weighted by molar-refractivity contribution is -0.119. The number of hydrogen-bond donors (Lipinski definition) is 3. The highest BCUT2D eigenvalue weighted by Gasteiger charge is 2.25. The van der Waals surface area contributed by atoms with Crippen molar-refractivity contribution in [3.63, 3.8) is 0 Å². The summed E-state index contributed by atoms with van der Waals surface area (Å²) in [7, 11) is 0. The zero-order valence-corrected chi connectivity index (χ0v) is 15.5. The molecule has 0 unspecified atom stereocenters. The molecule has 0 radical (unpaired) electrons. The van der Waals surface area contributed by atoms with Crippen molar-refractivity contribution in [1.82, 2.24) is 4.98 Å². The van der Waals surface area contributed by atoms with Gasteiger partial charge in [0.15, 0.2) is 10.8 Å². The molecule has 1 aliphatic carbocycles. The van der Waals surface area contributed by atoms with Crippen LogP contribution in [0.4, 0.5) is 15.8 Å². The van der Waals surface area contributed by atoms with E-state index in [2.05, 4.69) is 15.6 Å². The van der Waals surface area contributed by atoms with Crippen molar-refractivity contribution in [2.75, 3.05) is 10.6 Å². The van der Waals surface area contributed by atoms with Crippen molar-refractivity contribution in [2.45, 2.75) is 25.7 Å². The molecule has 0 bridgehead atoms. The number of hydrogen-bond acceptors (Lipinski definition) is 5. The molecule has 0 atom stereocenters. The number of thiazole rings is 1. The Balaban J connectivity index is 1.57. The number of rotatable bonds is 5. The number of carbonyl (C=O) groups excluding carboxylic acids is 2. The van der Waals surface area contributed by atoms with Gasteiger partial charge >= 0.3 is 0 Å². The van der Waals surface area contributed by atoms with Crippen molar-refractivity contribution < 1.29 is 9.59 Å². The largest absolute Gasteiger partial charge is 0.364 e. The molecule has 3 aromatic rings. The second-order valence-electron chi connectivity index (χ2n) is 6.72. The summed E-state index contributed by atoms with van der Waals surface area (Å²) in [6, 6.07) is 14.0. The Bertz CT molecular complexity index is 1010. The number of carbonyl (C=O) groups is 2. The average Bonchev–Trinajstić information content (AvgIpc) is 3.32. The Morgan fingerprint density at radius 3 is 2.56 bits per heavy atom. The number of anilines is 3. The molecule has 2 aromatic carbocycles. The van der Waals surface area contributed by atoms with Crippen molar-refractivity contribution in [1.29, 1.82) is 0 Å². The molecule has 7 heteroatoms. The molecular weight excluding hydrogens is 360 g/mol. The Kier molecular flexibility index (Phi) is 4.77. The number of benzene rings is 2. The third-order valence-electron chi connectivity index (χ3n) is 4.82. The fourth-order valence-corrected chi connectivity index (χ4v) is 4.31. The van der Waals surface area contributed by atoms with Gasteiger partial charge in [0.2, 0.25) is 5.91 Å². The maximum atomic E-state index is 12.4. The number of primary amides is 1. The van der Waals surface area contributed by atoms with Gasteiger partial charge in [-0.1, -0.05) is 54.5 Å². The van der Waals surface area contributed by atoms with Crippen LogP contribution in [0.3, 0.4) is 0 Å². The lowest BCUT2D eigenvalue weighted by atomic mass is 10.1. The predicted octanol–water partition coefficient (Wildman–Crippen LogP) is 4.27. The third kappa shape index (κ3) is 3.78. The highest BCUT2D eigenvalue weighted by molar-refractivity contribution is 7.20. The van der Waals surface area contributed by atoms with E-state index in [0.717, 1.165) is 42.1 Å². The molecule has 0 saturated heterocycles. The van der Waals surface area contributed by atoms with E-state index in [-0.39, 0.29) is 17.5 Å². The zero-order chi connectivity index (χ0) is 18.8. The summed E-state index contributed by atoms with van der Waals surface area (Å²) < 4.78 is 0. The predicted molar refractivity (Wildman–Crippen MR) is 108 cm³/mol. The normalized spacial score (nSPS) is 14.4. The topological polar surface area (TPSA) is 97.1 Å². The van der Waals surface area contributed by atoms with Crippen LogP contribution in [0.1, 0.15) is 36.2 Å². The highest BCUT2D eigenvalue weighted by atomic mass is 32.1. The van der Waals surface area contributed by atoms with Crippen LogP contribution in [0.25, 0.3) is 10.8 Å². The molecule has 1 aliphatic rings. The molecule has 138 valence electrons.